The van der Waals surface area contributed by atoms with Crippen LogP contribution in [-0.4, -0.2) is 42.3 Å². The summed E-state index contributed by atoms with van der Waals surface area (Å²) in [6, 6.07) is 9.25. The van der Waals surface area contributed by atoms with Crippen molar-refractivity contribution < 1.29 is 14.4 Å². The van der Waals surface area contributed by atoms with Crippen LogP contribution < -0.4 is 10.6 Å². The molecule has 6 nitrogen and oxygen atoms in total. The van der Waals surface area contributed by atoms with Gasteiger partial charge < -0.3 is 15.5 Å². The molecule has 3 heterocycles. The Morgan fingerprint density at radius 1 is 1.24 bits per heavy atom. The van der Waals surface area contributed by atoms with Crippen molar-refractivity contribution in [3.63, 3.8) is 0 Å². The lowest BCUT2D eigenvalue weighted by Crippen LogP contribution is -2.45. The van der Waals surface area contributed by atoms with Gasteiger partial charge in [-0.05, 0) is 29.5 Å². The van der Waals surface area contributed by atoms with E-state index in [0.29, 0.717) is 25.1 Å². The number of para-hydroxylation sites is 1. The molecule has 4 rings (SSSR count). The van der Waals surface area contributed by atoms with Crippen LogP contribution in [0.1, 0.15) is 22.3 Å². The fraction of sp³-hybridized carbons (Fsp3) is 0.278. The van der Waals surface area contributed by atoms with E-state index in [9.17, 15) is 14.4 Å². The number of hydrogen-bond acceptors (Lipinski definition) is 4. The minimum Gasteiger partial charge on any atom is -0.368 e. The second kappa shape index (κ2) is 5.70. The van der Waals surface area contributed by atoms with Crippen LogP contribution in [-0.2, 0) is 15.0 Å². The van der Waals surface area contributed by atoms with E-state index in [-0.39, 0.29) is 18.4 Å². The molecule has 3 amide bonds. The van der Waals surface area contributed by atoms with Gasteiger partial charge in [-0.25, -0.2) is 0 Å². The molecule has 2 aliphatic rings. The Labute approximate surface area is 148 Å². The zero-order valence-electron chi connectivity index (χ0n) is 13.5. The quantitative estimate of drug-likeness (QED) is 0.902. The molecule has 1 saturated heterocycles. The molecule has 25 heavy (non-hydrogen) atoms. The van der Waals surface area contributed by atoms with Gasteiger partial charge in [-0.1, -0.05) is 18.2 Å². The van der Waals surface area contributed by atoms with Crippen molar-refractivity contribution in [2.45, 2.75) is 11.8 Å². The standard InChI is InChI=1S/C18H17N3O3S/c19-15(22)9-21-14-4-2-1-3-13(14)18(17(21)24)6-7-20(11-18)16(23)12-5-8-25-10-12/h1-5,8,10H,6-7,9,11H2,(H2,19,22)/t18-/m1/s1. The van der Waals surface area contributed by atoms with Crippen molar-refractivity contribution in [1.82, 2.24) is 4.90 Å². The van der Waals surface area contributed by atoms with Gasteiger partial charge in [0, 0.05) is 24.2 Å². The molecular weight excluding hydrogens is 338 g/mol. The molecule has 2 N–H and O–H groups in total. The molecule has 1 aromatic heterocycles. The third kappa shape index (κ3) is 2.34. The van der Waals surface area contributed by atoms with Crippen LogP contribution in [0.3, 0.4) is 0 Å². The van der Waals surface area contributed by atoms with Crippen molar-refractivity contribution >= 4 is 34.7 Å². The second-order valence-electron chi connectivity index (χ2n) is 6.45. The number of carbonyl (C=O) groups is 3. The summed E-state index contributed by atoms with van der Waals surface area (Å²) in [5.74, 6) is -0.755. The third-order valence-corrected chi connectivity index (χ3v) is 5.69. The summed E-state index contributed by atoms with van der Waals surface area (Å²) in [6.45, 7) is 0.696. The van der Waals surface area contributed by atoms with E-state index < -0.39 is 11.3 Å². The highest BCUT2D eigenvalue weighted by Crippen LogP contribution is 2.47. The maximum atomic E-state index is 13.2. The van der Waals surface area contributed by atoms with Gasteiger partial charge in [-0.15, -0.1) is 0 Å². The lowest BCUT2D eigenvalue weighted by molar-refractivity contribution is -0.125. The predicted molar refractivity (Wildman–Crippen MR) is 94.5 cm³/mol. The Kier molecular flexibility index (Phi) is 3.61. The van der Waals surface area contributed by atoms with Gasteiger partial charge in [-0.2, -0.15) is 11.3 Å². The van der Waals surface area contributed by atoms with Crippen molar-refractivity contribution in [1.29, 1.82) is 0 Å². The molecule has 1 spiro atoms. The summed E-state index contributed by atoms with van der Waals surface area (Å²) < 4.78 is 0. The number of likely N-dealkylation sites (tertiary alicyclic amines) is 1. The minimum absolute atomic E-state index is 0.0586. The summed E-state index contributed by atoms with van der Waals surface area (Å²) >= 11 is 1.47. The maximum absolute atomic E-state index is 13.2. The first-order valence-corrected chi connectivity index (χ1v) is 8.98. The van der Waals surface area contributed by atoms with Crippen molar-refractivity contribution in [2.75, 3.05) is 24.5 Å². The van der Waals surface area contributed by atoms with Crippen molar-refractivity contribution in [3.05, 3.63) is 52.2 Å². The van der Waals surface area contributed by atoms with Crippen LogP contribution in [0.25, 0.3) is 0 Å². The van der Waals surface area contributed by atoms with E-state index >= 15 is 0 Å². The Balaban J connectivity index is 1.69. The Bertz CT molecular complexity index is 864. The molecule has 128 valence electrons. The molecule has 0 radical (unpaired) electrons. The average Bonchev–Trinajstić information content (AvgIpc) is 3.32. The van der Waals surface area contributed by atoms with Gasteiger partial charge in [0.15, 0.2) is 0 Å². The van der Waals surface area contributed by atoms with E-state index in [1.165, 1.54) is 16.2 Å². The highest BCUT2D eigenvalue weighted by molar-refractivity contribution is 7.08. The molecule has 2 aliphatic heterocycles. The first-order chi connectivity index (χ1) is 12.0. The van der Waals surface area contributed by atoms with Gasteiger partial charge >= 0.3 is 0 Å². The molecule has 0 aliphatic carbocycles. The molecule has 0 saturated carbocycles. The fourth-order valence-electron chi connectivity index (χ4n) is 3.86. The molecule has 7 heteroatoms. The summed E-state index contributed by atoms with van der Waals surface area (Å²) in [5.41, 5.74) is 6.79. The monoisotopic (exact) mass is 355 g/mol. The van der Waals surface area contributed by atoms with Gasteiger partial charge in [0.1, 0.15) is 6.54 Å². The summed E-state index contributed by atoms with van der Waals surface area (Å²) in [6.07, 6.45) is 0.550. The molecule has 2 aromatic rings. The van der Waals surface area contributed by atoms with Crippen LogP contribution in [0.5, 0.6) is 0 Å². The molecule has 0 bridgehead atoms. The molecule has 1 atom stereocenters. The van der Waals surface area contributed by atoms with Gasteiger partial charge in [-0.3, -0.25) is 14.4 Å². The van der Waals surface area contributed by atoms with E-state index in [4.69, 9.17) is 5.73 Å². The number of primary amides is 1. The number of hydrogen-bond donors (Lipinski definition) is 1. The zero-order valence-corrected chi connectivity index (χ0v) is 14.3. The number of benzene rings is 1. The number of thiophene rings is 1. The zero-order chi connectivity index (χ0) is 17.6. The van der Waals surface area contributed by atoms with Crippen LogP contribution >= 0.6 is 11.3 Å². The molecule has 0 unspecified atom stereocenters. The van der Waals surface area contributed by atoms with E-state index in [2.05, 4.69) is 0 Å². The Hall–Kier alpha value is -2.67. The number of nitrogens with two attached hydrogens (primary N) is 1. The topological polar surface area (TPSA) is 83.7 Å². The smallest absolute Gasteiger partial charge is 0.254 e. The number of amides is 3. The van der Waals surface area contributed by atoms with E-state index in [1.807, 2.05) is 35.0 Å². The van der Waals surface area contributed by atoms with Crippen LogP contribution in [0.4, 0.5) is 5.69 Å². The van der Waals surface area contributed by atoms with Gasteiger partial charge in [0.05, 0.1) is 11.0 Å². The number of rotatable bonds is 3. The summed E-state index contributed by atoms with van der Waals surface area (Å²) in [7, 11) is 0. The first-order valence-electron chi connectivity index (χ1n) is 8.04. The van der Waals surface area contributed by atoms with Crippen molar-refractivity contribution in [2.24, 2.45) is 5.73 Å². The SMILES string of the molecule is NC(=O)CN1C(=O)[C@@]2(CCN(C(=O)c3ccsc3)C2)c2ccccc21. The molecule has 1 fully saturated rings. The van der Waals surface area contributed by atoms with Crippen molar-refractivity contribution in [3.8, 4) is 0 Å². The van der Waals surface area contributed by atoms with Gasteiger partial charge in [0.25, 0.3) is 5.91 Å². The van der Waals surface area contributed by atoms with Crippen LogP contribution in [0.15, 0.2) is 41.1 Å². The lowest BCUT2D eigenvalue weighted by atomic mass is 9.81. The van der Waals surface area contributed by atoms with E-state index in [0.717, 1.165) is 11.3 Å². The second-order valence-corrected chi connectivity index (χ2v) is 7.23. The Morgan fingerprint density at radius 2 is 2.04 bits per heavy atom. The summed E-state index contributed by atoms with van der Waals surface area (Å²) in [4.78, 5) is 40.4. The normalized spacial score (nSPS) is 21.8. The van der Waals surface area contributed by atoms with E-state index in [1.54, 1.807) is 11.0 Å². The third-order valence-electron chi connectivity index (χ3n) is 5.00. The number of fused-ring (bicyclic) bond motifs is 2. The highest BCUT2D eigenvalue weighted by atomic mass is 32.1. The first kappa shape index (κ1) is 15.8. The minimum atomic E-state index is -0.780. The lowest BCUT2D eigenvalue weighted by Gasteiger charge is -2.24. The molecular formula is C18H17N3O3S. The number of carbonyl (C=O) groups excluding carboxylic acids is 3. The van der Waals surface area contributed by atoms with Gasteiger partial charge in [0.2, 0.25) is 11.8 Å². The Morgan fingerprint density at radius 3 is 2.76 bits per heavy atom. The van der Waals surface area contributed by atoms with Crippen LogP contribution in [0, 0.1) is 0 Å². The number of nitrogens with zero attached hydrogens (tertiary/aromatic N) is 2. The largest absolute Gasteiger partial charge is 0.368 e. The maximum Gasteiger partial charge on any atom is 0.254 e. The predicted octanol–water partition coefficient (Wildman–Crippen LogP) is 1.36. The highest BCUT2D eigenvalue weighted by Gasteiger charge is 2.55. The fourth-order valence-corrected chi connectivity index (χ4v) is 4.49. The van der Waals surface area contributed by atoms with Crippen LogP contribution in [0.2, 0.25) is 0 Å². The summed E-state index contributed by atoms with van der Waals surface area (Å²) in [5, 5.41) is 3.68. The number of anilines is 1. The average molecular weight is 355 g/mol. The molecule has 1 aromatic carbocycles.